The van der Waals surface area contributed by atoms with E-state index in [9.17, 15) is 9.18 Å². The highest BCUT2D eigenvalue weighted by Gasteiger charge is 2.35. The predicted octanol–water partition coefficient (Wildman–Crippen LogP) is 3.31. The zero-order valence-corrected chi connectivity index (χ0v) is 16.1. The Morgan fingerprint density at radius 3 is 2.61 bits per heavy atom. The van der Waals surface area contributed by atoms with Crippen LogP contribution in [0.1, 0.15) is 17.2 Å². The van der Waals surface area contributed by atoms with Gasteiger partial charge in [-0.1, -0.05) is 11.6 Å². The Labute approximate surface area is 170 Å². The van der Waals surface area contributed by atoms with Crippen molar-refractivity contribution in [3.63, 3.8) is 0 Å². The highest BCUT2D eigenvalue weighted by molar-refractivity contribution is 7.80. The normalized spacial score (nSPS) is 17.8. The molecule has 144 valence electrons. The first-order valence-corrected chi connectivity index (χ1v) is 9.01. The minimum absolute atomic E-state index is 0.0910. The Morgan fingerprint density at radius 2 is 1.93 bits per heavy atom. The number of hydrogen-bond acceptors (Lipinski definition) is 5. The largest absolute Gasteiger partial charge is 0.466 e. The molecule has 0 bridgehead atoms. The molecule has 0 aliphatic carbocycles. The fraction of sp³-hybridized carbons (Fsp3) is 0.158. The second-order valence-electron chi connectivity index (χ2n) is 6.05. The van der Waals surface area contributed by atoms with Crippen molar-refractivity contribution in [3.05, 3.63) is 63.9 Å². The molecule has 0 saturated carbocycles. The fourth-order valence-electron chi connectivity index (χ4n) is 3.13. The SMILES string of the molecule is COC(=O)C1=C(c2ccc(F)cc2)NC(=S)NC1c1cc2c(cc1Cl)OCO2. The van der Waals surface area contributed by atoms with Crippen LogP contribution in [0.25, 0.3) is 5.70 Å². The average molecular weight is 421 g/mol. The van der Waals surface area contributed by atoms with Crippen LogP contribution in [0.3, 0.4) is 0 Å². The molecule has 0 fully saturated rings. The topological polar surface area (TPSA) is 68.8 Å². The van der Waals surface area contributed by atoms with Gasteiger partial charge in [0.05, 0.1) is 29.4 Å². The van der Waals surface area contributed by atoms with Gasteiger partial charge in [0.1, 0.15) is 5.82 Å². The average Bonchev–Trinajstić information content (AvgIpc) is 3.14. The minimum atomic E-state index is -0.705. The number of benzene rings is 2. The van der Waals surface area contributed by atoms with E-state index in [1.54, 1.807) is 24.3 Å². The number of fused-ring (bicyclic) bond motifs is 1. The van der Waals surface area contributed by atoms with Crippen LogP contribution in [0.2, 0.25) is 5.02 Å². The molecule has 2 aromatic rings. The number of hydrogen-bond donors (Lipinski definition) is 2. The minimum Gasteiger partial charge on any atom is -0.466 e. The van der Waals surface area contributed by atoms with Crippen LogP contribution in [-0.4, -0.2) is 25.0 Å². The molecule has 9 heteroatoms. The number of carbonyl (C=O) groups excluding carboxylic acids is 1. The predicted molar refractivity (Wildman–Crippen MR) is 105 cm³/mol. The van der Waals surface area contributed by atoms with Gasteiger partial charge in [-0.2, -0.15) is 0 Å². The lowest BCUT2D eigenvalue weighted by Crippen LogP contribution is -2.45. The quantitative estimate of drug-likeness (QED) is 0.583. The molecule has 2 aliphatic rings. The van der Waals surface area contributed by atoms with Crippen LogP contribution >= 0.6 is 23.8 Å². The van der Waals surface area contributed by atoms with Gasteiger partial charge in [-0.15, -0.1) is 0 Å². The van der Waals surface area contributed by atoms with Crippen LogP contribution in [0.4, 0.5) is 4.39 Å². The van der Waals surface area contributed by atoms with Gasteiger partial charge in [-0.25, -0.2) is 9.18 Å². The van der Waals surface area contributed by atoms with Crippen molar-refractivity contribution < 1.29 is 23.4 Å². The molecule has 0 radical (unpaired) electrons. The molecular weight excluding hydrogens is 407 g/mol. The Hall–Kier alpha value is -2.84. The van der Waals surface area contributed by atoms with Gasteiger partial charge in [-0.3, -0.25) is 0 Å². The van der Waals surface area contributed by atoms with Gasteiger partial charge < -0.3 is 24.8 Å². The van der Waals surface area contributed by atoms with Crippen LogP contribution in [0.15, 0.2) is 42.0 Å². The Kier molecular flexibility index (Phi) is 4.82. The number of ether oxygens (including phenoxy) is 3. The second kappa shape index (κ2) is 7.29. The Balaban J connectivity index is 1.90. The number of rotatable bonds is 3. The lowest BCUT2D eigenvalue weighted by molar-refractivity contribution is -0.136. The number of methoxy groups -OCH3 is 1. The van der Waals surface area contributed by atoms with Gasteiger partial charge in [0, 0.05) is 11.6 Å². The summed E-state index contributed by atoms with van der Waals surface area (Å²) in [6, 6.07) is 8.31. The maximum Gasteiger partial charge on any atom is 0.338 e. The van der Waals surface area contributed by atoms with Crippen molar-refractivity contribution >= 4 is 40.6 Å². The second-order valence-corrected chi connectivity index (χ2v) is 6.86. The van der Waals surface area contributed by atoms with Crippen LogP contribution in [-0.2, 0) is 9.53 Å². The van der Waals surface area contributed by atoms with E-state index in [1.165, 1.54) is 19.2 Å². The molecule has 0 spiro atoms. The molecule has 1 atom stereocenters. The van der Waals surface area contributed by atoms with E-state index in [0.29, 0.717) is 33.3 Å². The molecule has 1 unspecified atom stereocenters. The van der Waals surface area contributed by atoms with Gasteiger partial charge in [0.25, 0.3) is 0 Å². The Morgan fingerprint density at radius 1 is 1.25 bits per heavy atom. The summed E-state index contributed by atoms with van der Waals surface area (Å²) in [6.45, 7) is 0.0910. The molecular formula is C19H14ClFN2O4S. The third-order valence-electron chi connectivity index (χ3n) is 4.41. The monoisotopic (exact) mass is 420 g/mol. The first-order valence-electron chi connectivity index (χ1n) is 8.23. The molecule has 0 aromatic heterocycles. The first-order chi connectivity index (χ1) is 13.5. The molecule has 2 aliphatic heterocycles. The van der Waals surface area contributed by atoms with Gasteiger partial charge in [0.2, 0.25) is 6.79 Å². The van der Waals surface area contributed by atoms with Crippen molar-refractivity contribution in [2.24, 2.45) is 0 Å². The molecule has 6 nitrogen and oxygen atoms in total. The third kappa shape index (κ3) is 3.25. The van der Waals surface area contributed by atoms with Crippen molar-refractivity contribution in [3.8, 4) is 11.5 Å². The van der Waals surface area contributed by atoms with E-state index in [2.05, 4.69) is 10.6 Å². The van der Waals surface area contributed by atoms with Crippen LogP contribution in [0, 0.1) is 5.82 Å². The summed E-state index contributed by atoms with van der Waals surface area (Å²) in [5, 5.41) is 6.66. The standard InChI is InChI=1S/C19H14ClFN2O4S/c1-25-18(24)15-16(9-2-4-10(21)5-3-9)22-19(28)23-17(15)11-6-13-14(7-12(11)20)27-8-26-13/h2-7,17H,8H2,1H3,(H2,22,23,28). The summed E-state index contributed by atoms with van der Waals surface area (Å²) in [5.74, 6) is 0.0576. The highest BCUT2D eigenvalue weighted by Crippen LogP contribution is 2.42. The van der Waals surface area contributed by atoms with Crippen LogP contribution < -0.4 is 20.1 Å². The molecule has 2 heterocycles. The maximum atomic E-state index is 13.4. The molecule has 2 aromatic carbocycles. The molecule has 28 heavy (non-hydrogen) atoms. The van der Waals surface area contributed by atoms with E-state index in [4.69, 9.17) is 38.0 Å². The lowest BCUT2D eigenvalue weighted by Gasteiger charge is -2.31. The molecule has 0 amide bonds. The van der Waals surface area contributed by atoms with Crippen molar-refractivity contribution in [1.29, 1.82) is 0 Å². The van der Waals surface area contributed by atoms with E-state index >= 15 is 0 Å². The van der Waals surface area contributed by atoms with Crippen molar-refractivity contribution in [2.45, 2.75) is 6.04 Å². The van der Waals surface area contributed by atoms with E-state index in [-0.39, 0.29) is 17.5 Å². The third-order valence-corrected chi connectivity index (χ3v) is 4.96. The highest BCUT2D eigenvalue weighted by atomic mass is 35.5. The number of esters is 1. The summed E-state index contributed by atoms with van der Waals surface area (Å²) in [5.41, 5.74) is 1.81. The number of nitrogens with one attached hydrogen (secondary N) is 2. The molecule has 2 N–H and O–H groups in total. The maximum absolute atomic E-state index is 13.4. The summed E-state index contributed by atoms with van der Waals surface area (Å²) in [6.07, 6.45) is 0. The molecule has 4 rings (SSSR count). The van der Waals surface area contributed by atoms with Crippen LogP contribution in [0.5, 0.6) is 11.5 Å². The number of halogens is 2. The van der Waals surface area contributed by atoms with E-state index < -0.39 is 17.8 Å². The Bertz CT molecular complexity index is 1010. The summed E-state index contributed by atoms with van der Waals surface area (Å²) in [4.78, 5) is 12.7. The smallest absolute Gasteiger partial charge is 0.338 e. The lowest BCUT2D eigenvalue weighted by atomic mass is 9.92. The summed E-state index contributed by atoms with van der Waals surface area (Å²) < 4.78 is 29.1. The van der Waals surface area contributed by atoms with Crippen molar-refractivity contribution in [1.82, 2.24) is 10.6 Å². The first kappa shape index (κ1) is 18.5. The number of carbonyl (C=O) groups is 1. The fourth-order valence-corrected chi connectivity index (χ4v) is 3.61. The van der Waals surface area contributed by atoms with E-state index in [1.807, 2.05) is 0 Å². The van der Waals surface area contributed by atoms with Gasteiger partial charge in [0.15, 0.2) is 16.6 Å². The number of thiocarbonyl (C=S) groups is 1. The van der Waals surface area contributed by atoms with Gasteiger partial charge in [-0.05, 0) is 48.1 Å². The zero-order valence-electron chi connectivity index (χ0n) is 14.5. The van der Waals surface area contributed by atoms with E-state index in [0.717, 1.165) is 0 Å². The van der Waals surface area contributed by atoms with Crippen molar-refractivity contribution in [2.75, 3.05) is 13.9 Å². The molecule has 0 saturated heterocycles. The van der Waals surface area contributed by atoms with Gasteiger partial charge >= 0.3 is 5.97 Å². The summed E-state index contributed by atoms with van der Waals surface area (Å²) >= 11 is 11.8. The zero-order chi connectivity index (χ0) is 19.8. The summed E-state index contributed by atoms with van der Waals surface area (Å²) in [7, 11) is 1.28.